The minimum absolute atomic E-state index is 0.118. The SMILES string of the molecule is O=NCC(c1ccccc1)(c1ccccc1)C1CCC(NCCc2ccc([N+](=O)[O-])cc2)C1. The van der Waals surface area contributed by atoms with Gasteiger partial charge in [-0.15, -0.1) is 0 Å². The van der Waals surface area contributed by atoms with Crippen molar-refractivity contribution in [1.82, 2.24) is 5.32 Å². The lowest BCUT2D eigenvalue weighted by Gasteiger charge is -2.39. The third kappa shape index (κ3) is 5.01. The summed E-state index contributed by atoms with van der Waals surface area (Å²) >= 11 is 0. The third-order valence-electron chi connectivity index (χ3n) is 7.02. The largest absolute Gasteiger partial charge is 0.314 e. The maximum Gasteiger partial charge on any atom is 0.269 e. The van der Waals surface area contributed by atoms with Gasteiger partial charge in [0.2, 0.25) is 0 Å². The van der Waals surface area contributed by atoms with E-state index in [1.807, 2.05) is 48.5 Å². The molecule has 0 aliphatic heterocycles. The van der Waals surface area contributed by atoms with Gasteiger partial charge in [-0.05, 0) is 54.8 Å². The summed E-state index contributed by atoms with van der Waals surface area (Å²) in [6, 6.07) is 27.7. The van der Waals surface area contributed by atoms with Gasteiger partial charge in [0.1, 0.15) is 0 Å². The van der Waals surface area contributed by atoms with Crippen molar-refractivity contribution in [3.05, 3.63) is 117 Å². The second-order valence-electron chi connectivity index (χ2n) is 8.83. The van der Waals surface area contributed by atoms with Crippen molar-refractivity contribution in [2.24, 2.45) is 11.1 Å². The van der Waals surface area contributed by atoms with E-state index >= 15 is 0 Å². The average Bonchev–Trinajstić information content (AvgIpc) is 3.33. The molecular weight excluding hydrogens is 414 g/mol. The fourth-order valence-electron chi connectivity index (χ4n) is 5.34. The normalized spacial score (nSPS) is 18.2. The van der Waals surface area contributed by atoms with E-state index in [9.17, 15) is 15.0 Å². The Bertz CT molecular complexity index is 1020. The number of nitro benzene ring substituents is 1. The van der Waals surface area contributed by atoms with Crippen LogP contribution in [0.25, 0.3) is 0 Å². The zero-order valence-electron chi connectivity index (χ0n) is 18.6. The van der Waals surface area contributed by atoms with Crippen molar-refractivity contribution in [3.8, 4) is 0 Å². The zero-order valence-corrected chi connectivity index (χ0v) is 18.6. The molecule has 0 spiro atoms. The summed E-state index contributed by atoms with van der Waals surface area (Å²) in [6.45, 7) is 1.03. The van der Waals surface area contributed by atoms with Crippen LogP contribution >= 0.6 is 0 Å². The predicted molar refractivity (Wildman–Crippen MR) is 130 cm³/mol. The molecule has 0 saturated heterocycles. The first kappa shape index (κ1) is 22.8. The molecule has 1 N–H and O–H groups in total. The van der Waals surface area contributed by atoms with Gasteiger partial charge in [-0.25, -0.2) is 0 Å². The van der Waals surface area contributed by atoms with Crippen molar-refractivity contribution in [2.45, 2.75) is 37.1 Å². The first-order valence-corrected chi connectivity index (χ1v) is 11.5. The van der Waals surface area contributed by atoms with Crippen LogP contribution in [-0.4, -0.2) is 24.1 Å². The molecule has 3 aromatic rings. The van der Waals surface area contributed by atoms with E-state index in [-0.39, 0.29) is 17.2 Å². The Labute approximate surface area is 194 Å². The van der Waals surface area contributed by atoms with Crippen molar-refractivity contribution in [1.29, 1.82) is 0 Å². The summed E-state index contributed by atoms with van der Waals surface area (Å²) in [6.07, 6.45) is 3.86. The Morgan fingerprint density at radius 3 is 2.06 bits per heavy atom. The highest BCUT2D eigenvalue weighted by atomic mass is 16.6. The quantitative estimate of drug-likeness (QED) is 0.249. The van der Waals surface area contributed by atoms with Crippen LogP contribution < -0.4 is 5.32 Å². The van der Waals surface area contributed by atoms with Gasteiger partial charge in [-0.1, -0.05) is 78.0 Å². The highest BCUT2D eigenvalue weighted by Crippen LogP contribution is 2.47. The molecule has 6 heteroatoms. The van der Waals surface area contributed by atoms with Gasteiger partial charge >= 0.3 is 0 Å². The highest BCUT2D eigenvalue weighted by molar-refractivity contribution is 5.42. The van der Waals surface area contributed by atoms with Crippen LogP contribution in [0.3, 0.4) is 0 Å². The predicted octanol–water partition coefficient (Wildman–Crippen LogP) is 5.65. The lowest BCUT2D eigenvalue weighted by molar-refractivity contribution is -0.384. The first-order valence-electron chi connectivity index (χ1n) is 11.5. The summed E-state index contributed by atoms with van der Waals surface area (Å²) in [7, 11) is 0. The molecule has 1 aliphatic rings. The minimum Gasteiger partial charge on any atom is -0.314 e. The molecule has 0 heterocycles. The van der Waals surface area contributed by atoms with E-state index in [2.05, 4.69) is 34.8 Å². The Hall–Kier alpha value is -3.38. The van der Waals surface area contributed by atoms with Crippen molar-refractivity contribution >= 4 is 5.69 Å². The number of non-ortho nitro benzene ring substituents is 1. The summed E-state index contributed by atoms with van der Waals surface area (Å²) in [5.74, 6) is 0.303. The molecule has 1 aliphatic carbocycles. The topological polar surface area (TPSA) is 84.6 Å². The van der Waals surface area contributed by atoms with Crippen molar-refractivity contribution in [3.63, 3.8) is 0 Å². The van der Waals surface area contributed by atoms with E-state index < -0.39 is 5.41 Å². The molecule has 1 fully saturated rings. The second kappa shape index (κ2) is 10.5. The van der Waals surface area contributed by atoms with Crippen LogP contribution in [0.4, 0.5) is 5.69 Å². The molecule has 2 unspecified atom stereocenters. The summed E-state index contributed by atoms with van der Waals surface area (Å²) in [5, 5.41) is 17.9. The molecule has 2 atom stereocenters. The Kier molecular flexibility index (Phi) is 7.25. The minimum atomic E-state index is -0.431. The fourth-order valence-corrected chi connectivity index (χ4v) is 5.34. The molecule has 170 valence electrons. The smallest absolute Gasteiger partial charge is 0.269 e. The monoisotopic (exact) mass is 443 g/mol. The Morgan fingerprint density at radius 1 is 0.909 bits per heavy atom. The number of nitrogens with one attached hydrogen (secondary N) is 1. The van der Waals surface area contributed by atoms with Crippen LogP contribution in [0.2, 0.25) is 0 Å². The molecule has 6 nitrogen and oxygen atoms in total. The van der Waals surface area contributed by atoms with Crippen LogP contribution in [0.1, 0.15) is 36.0 Å². The number of hydrogen-bond acceptors (Lipinski definition) is 5. The van der Waals surface area contributed by atoms with Crippen LogP contribution in [0, 0.1) is 20.9 Å². The maximum absolute atomic E-state index is 11.7. The van der Waals surface area contributed by atoms with E-state index in [4.69, 9.17) is 0 Å². The molecule has 0 aromatic heterocycles. The van der Waals surface area contributed by atoms with Gasteiger partial charge in [-0.2, -0.15) is 4.91 Å². The first-order chi connectivity index (χ1) is 16.1. The lowest BCUT2D eigenvalue weighted by Crippen LogP contribution is -2.39. The number of benzene rings is 3. The second-order valence-corrected chi connectivity index (χ2v) is 8.83. The van der Waals surface area contributed by atoms with Crippen LogP contribution in [0.15, 0.2) is 90.1 Å². The number of nitroso groups, excluding NO2 is 1. The van der Waals surface area contributed by atoms with Crippen molar-refractivity contribution in [2.75, 3.05) is 13.1 Å². The molecule has 33 heavy (non-hydrogen) atoms. The lowest BCUT2D eigenvalue weighted by atomic mass is 9.65. The molecule has 1 saturated carbocycles. The van der Waals surface area contributed by atoms with E-state index in [1.165, 1.54) is 0 Å². The molecule has 4 rings (SSSR count). The third-order valence-corrected chi connectivity index (χ3v) is 7.02. The van der Waals surface area contributed by atoms with Crippen LogP contribution in [0.5, 0.6) is 0 Å². The maximum atomic E-state index is 11.7. The molecule has 0 bridgehead atoms. The van der Waals surface area contributed by atoms with Gasteiger partial charge in [0.05, 0.1) is 11.5 Å². The molecule has 3 aromatic carbocycles. The van der Waals surface area contributed by atoms with Gasteiger partial charge in [0, 0.05) is 23.6 Å². The Morgan fingerprint density at radius 2 is 1.52 bits per heavy atom. The van der Waals surface area contributed by atoms with Crippen molar-refractivity contribution < 1.29 is 4.92 Å². The number of nitrogens with zero attached hydrogens (tertiary/aromatic N) is 2. The van der Waals surface area contributed by atoms with Gasteiger partial charge in [0.25, 0.3) is 5.69 Å². The van der Waals surface area contributed by atoms with E-state index in [1.54, 1.807) is 12.1 Å². The van der Waals surface area contributed by atoms with E-state index in [0.29, 0.717) is 12.0 Å². The summed E-state index contributed by atoms with van der Waals surface area (Å²) < 4.78 is 0. The molecular formula is C27H29N3O3. The Balaban J connectivity index is 1.47. The van der Waals surface area contributed by atoms with Gasteiger partial charge < -0.3 is 5.32 Å². The zero-order chi connectivity index (χ0) is 23.1. The average molecular weight is 444 g/mol. The number of nitro groups is 1. The molecule has 0 amide bonds. The fraction of sp³-hybridized carbons (Fsp3) is 0.333. The molecule has 0 radical (unpaired) electrons. The van der Waals surface area contributed by atoms with E-state index in [0.717, 1.165) is 48.9 Å². The number of rotatable bonds is 10. The van der Waals surface area contributed by atoms with Crippen LogP contribution in [-0.2, 0) is 11.8 Å². The summed E-state index contributed by atoms with van der Waals surface area (Å²) in [4.78, 5) is 22.1. The summed E-state index contributed by atoms with van der Waals surface area (Å²) in [5.41, 5.74) is 3.06. The van der Waals surface area contributed by atoms with Gasteiger partial charge in [0.15, 0.2) is 0 Å². The number of hydrogen-bond donors (Lipinski definition) is 1. The van der Waals surface area contributed by atoms with Gasteiger partial charge in [-0.3, -0.25) is 10.1 Å². The standard InChI is InChI=1S/C27H29N3O3/c31-29-20-27(22-7-3-1-4-8-22,23-9-5-2-6-10-23)24-13-14-25(19-24)28-18-17-21-11-15-26(16-12-21)30(32)33/h1-12,15-16,24-25,28H,13-14,17-20H2. The highest BCUT2D eigenvalue weighted by Gasteiger charge is 2.45.